The lowest BCUT2D eigenvalue weighted by Gasteiger charge is -2.17. The van der Waals surface area contributed by atoms with E-state index in [-0.39, 0.29) is 35.9 Å². The monoisotopic (exact) mass is 512 g/mol. The van der Waals surface area contributed by atoms with E-state index in [1.165, 1.54) is 0 Å². The van der Waals surface area contributed by atoms with Gasteiger partial charge in [0.2, 0.25) is 0 Å². The number of aliphatic imine (C=N–C) groups is 1. The Morgan fingerprint density at radius 1 is 1.33 bits per heavy atom. The van der Waals surface area contributed by atoms with Gasteiger partial charge in [-0.1, -0.05) is 22.0 Å². The second-order valence-corrected chi connectivity index (χ2v) is 6.04. The van der Waals surface area contributed by atoms with Gasteiger partial charge in [-0.3, -0.25) is 9.79 Å². The molecule has 1 unspecified atom stereocenters. The Labute approximate surface area is 169 Å². The topological polar surface area (TPSA) is 74.8 Å². The number of hydrogen-bond donors (Lipinski definition) is 3. The fraction of sp³-hybridized carbons (Fsp3) is 0.500. The molecule has 0 aliphatic rings. The first-order valence-corrected chi connectivity index (χ1v) is 8.36. The van der Waals surface area contributed by atoms with E-state index in [1.54, 1.807) is 26.3 Å². The summed E-state index contributed by atoms with van der Waals surface area (Å²) in [7, 11) is 3.40. The molecule has 8 heteroatoms. The molecule has 1 atom stereocenters. The summed E-state index contributed by atoms with van der Waals surface area (Å²) in [4.78, 5) is 16.1. The third-order valence-electron chi connectivity index (χ3n) is 3.04. The molecule has 0 heterocycles. The van der Waals surface area contributed by atoms with Crippen molar-refractivity contribution in [1.82, 2.24) is 16.0 Å². The third-order valence-corrected chi connectivity index (χ3v) is 3.54. The molecule has 136 valence electrons. The maximum Gasteiger partial charge on any atom is 0.251 e. The van der Waals surface area contributed by atoms with Crippen LogP contribution in [0.5, 0.6) is 0 Å². The van der Waals surface area contributed by atoms with Crippen molar-refractivity contribution < 1.29 is 9.53 Å². The van der Waals surface area contributed by atoms with E-state index in [4.69, 9.17) is 4.74 Å². The van der Waals surface area contributed by atoms with Crippen LogP contribution in [0.4, 0.5) is 0 Å². The number of guanidine groups is 1. The summed E-state index contributed by atoms with van der Waals surface area (Å²) in [5.41, 5.74) is 0.651. The third kappa shape index (κ3) is 9.43. The van der Waals surface area contributed by atoms with E-state index in [2.05, 4.69) is 36.9 Å². The van der Waals surface area contributed by atoms with Crippen molar-refractivity contribution in [3.8, 4) is 0 Å². The predicted octanol–water partition coefficient (Wildman–Crippen LogP) is 2.39. The van der Waals surface area contributed by atoms with Crippen molar-refractivity contribution in [3.63, 3.8) is 0 Å². The van der Waals surface area contributed by atoms with Gasteiger partial charge in [-0.05, 0) is 31.5 Å². The number of carbonyl (C=O) groups is 1. The summed E-state index contributed by atoms with van der Waals surface area (Å²) >= 11 is 3.36. The maximum absolute atomic E-state index is 12.0. The first-order valence-electron chi connectivity index (χ1n) is 7.56. The van der Waals surface area contributed by atoms with E-state index in [1.807, 2.05) is 19.1 Å². The van der Waals surface area contributed by atoms with Crippen LogP contribution in [0.25, 0.3) is 0 Å². The van der Waals surface area contributed by atoms with Crippen LogP contribution in [-0.2, 0) is 4.74 Å². The zero-order valence-corrected chi connectivity index (χ0v) is 18.2. The SMILES string of the molecule is CN=C(NCCCNC(=O)c1cccc(Br)c1)NC(C)COC.I. The number of rotatable bonds is 8. The van der Waals surface area contributed by atoms with Gasteiger partial charge in [-0.2, -0.15) is 0 Å². The number of hydrogen-bond acceptors (Lipinski definition) is 3. The van der Waals surface area contributed by atoms with Crippen LogP contribution in [-0.4, -0.2) is 51.8 Å². The molecule has 1 aromatic rings. The van der Waals surface area contributed by atoms with Gasteiger partial charge in [-0.15, -0.1) is 24.0 Å². The Bertz CT molecular complexity index is 529. The molecule has 24 heavy (non-hydrogen) atoms. The van der Waals surface area contributed by atoms with Crippen molar-refractivity contribution in [2.45, 2.75) is 19.4 Å². The molecule has 0 aromatic heterocycles. The normalized spacial score (nSPS) is 12.1. The molecule has 0 radical (unpaired) electrons. The smallest absolute Gasteiger partial charge is 0.251 e. The summed E-state index contributed by atoms with van der Waals surface area (Å²) < 4.78 is 5.97. The Morgan fingerprint density at radius 2 is 2.04 bits per heavy atom. The Balaban J connectivity index is 0.00000529. The minimum absolute atomic E-state index is 0. The number of benzene rings is 1. The molecular formula is C16H26BrIN4O2. The second kappa shape index (κ2) is 13.4. The molecular weight excluding hydrogens is 487 g/mol. The first kappa shape index (κ1) is 23.1. The molecule has 0 saturated heterocycles. The minimum atomic E-state index is -0.0671. The molecule has 0 saturated carbocycles. The van der Waals surface area contributed by atoms with Gasteiger partial charge in [0.25, 0.3) is 5.91 Å². The molecule has 3 N–H and O–H groups in total. The maximum atomic E-state index is 12.0. The number of nitrogens with zero attached hydrogens (tertiary/aromatic N) is 1. The molecule has 0 spiro atoms. The lowest BCUT2D eigenvalue weighted by Crippen LogP contribution is -2.44. The predicted molar refractivity (Wildman–Crippen MR) is 112 cm³/mol. The van der Waals surface area contributed by atoms with Crippen molar-refractivity contribution in [2.24, 2.45) is 4.99 Å². The van der Waals surface area contributed by atoms with Crippen LogP contribution in [0.1, 0.15) is 23.7 Å². The number of carbonyl (C=O) groups excluding carboxylic acids is 1. The van der Waals surface area contributed by atoms with Crippen molar-refractivity contribution in [3.05, 3.63) is 34.3 Å². The average Bonchev–Trinajstić information content (AvgIpc) is 2.53. The van der Waals surface area contributed by atoms with Gasteiger partial charge in [0.15, 0.2) is 5.96 Å². The molecule has 0 fully saturated rings. The van der Waals surface area contributed by atoms with Gasteiger partial charge in [-0.25, -0.2) is 0 Å². The van der Waals surface area contributed by atoms with Crippen LogP contribution in [0.15, 0.2) is 33.7 Å². The Morgan fingerprint density at radius 3 is 2.67 bits per heavy atom. The van der Waals surface area contributed by atoms with Crippen LogP contribution in [0.3, 0.4) is 0 Å². The van der Waals surface area contributed by atoms with Crippen LogP contribution >= 0.6 is 39.9 Å². The van der Waals surface area contributed by atoms with E-state index < -0.39 is 0 Å². The van der Waals surface area contributed by atoms with Crippen LogP contribution in [0.2, 0.25) is 0 Å². The molecule has 6 nitrogen and oxygen atoms in total. The minimum Gasteiger partial charge on any atom is -0.383 e. The quantitative estimate of drug-likeness (QED) is 0.216. The number of ether oxygens (including phenoxy) is 1. The molecule has 0 bridgehead atoms. The Hall–Kier alpha value is -0.870. The number of nitrogens with one attached hydrogen (secondary N) is 3. The molecule has 1 aromatic carbocycles. The lowest BCUT2D eigenvalue weighted by atomic mass is 10.2. The zero-order chi connectivity index (χ0) is 17.1. The van der Waals surface area contributed by atoms with Crippen LogP contribution < -0.4 is 16.0 Å². The molecule has 0 aliphatic heterocycles. The highest BCUT2D eigenvalue weighted by atomic mass is 127. The summed E-state index contributed by atoms with van der Waals surface area (Å²) in [6.45, 7) is 3.96. The standard InChI is InChI=1S/C16H25BrN4O2.HI/c1-12(11-23-3)21-16(18-2)20-9-5-8-19-15(22)13-6-4-7-14(17)10-13;/h4,6-7,10,12H,5,8-9,11H2,1-3H3,(H,19,22)(H2,18,20,21);1H. The molecule has 0 aliphatic carbocycles. The summed E-state index contributed by atoms with van der Waals surface area (Å²) in [5.74, 6) is 0.662. The summed E-state index contributed by atoms with van der Waals surface area (Å²) in [6, 6.07) is 7.52. The number of amides is 1. The largest absolute Gasteiger partial charge is 0.383 e. The number of methoxy groups -OCH3 is 1. The molecule has 1 amide bonds. The zero-order valence-electron chi connectivity index (χ0n) is 14.3. The molecule has 1 rings (SSSR count). The van der Waals surface area contributed by atoms with Gasteiger partial charge in [0, 0.05) is 43.3 Å². The highest BCUT2D eigenvalue weighted by Gasteiger charge is 2.06. The van der Waals surface area contributed by atoms with Gasteiger partial charge >= 0.3 is 0 Å². The van der Waals surface area contributed by atoms with Gasteiger partial charge in [0.05, 0.1) is 6.61 Å². The Kier molecular flexibility index (Phi) is 12.9. The lowest BCUT2D eigenvalue weighted by molar-refractivity contribution is 0.0953. The van der Waals surface area contributed by atoms with E-state index in [9.17, 15) is 4.79 Å². The highest BCUT2D eigenvalue weighted by molar-refractivity contribution is 14.0. The van der Waals surface area contributed by atoms with Crippen molar-refractivity contribution >= 4 is 51.8 Å². The van der Waals surface area contributed by atoms with Crippen molar-refractivity contribution in [2.75, 3.05) is 33.9 Å². The van der Waals surface area contributed by atoms with Gasteiger partial charge in [0.1, 0.15) is 0 Å². The first-order chi connectivity index (χ1) is 11.1. The number of halogens is 2. The van der Waals surface area contributed by atoms with E-state index in [0.717, 1.165) is 23.4 Å². The van der Waals surface area contributed by atoms with Crippen molar-refractivity contribution in [1.29, 1.82) is 0 Å². The average molecular weight is 513 g/mol. The fourth-order valence-corrected chi connectivity index (χ4v) is 2.35. The summed E-state index contributed by atoms with van der Waals surface area (Å²) in [6.07, 6.45) is 0.805. The highest BCUT2D eigenvalue weighted by Crippen LogP contribution is 2.11. The van der Waals surface area contributed by atoms with E-state index in [0.29, 0.717) is 18.7 Å². The van der Waals surface area contributed by atoms with Crippen LogP contribution in [0, 0.1) is 0 Å². The van der Waals surface area contributed by atoms with Gasteiger partial charge < -0.3 is 20.7 Å². The second-order valence-electron chi connectivity index (χ2n) is 5.12. The summed E-state index contributed by atoms with van der Waals surface area (Å²) in [5, 5.41) is 9.33. The van der Waals surface area contributed by atoms with E-state index >= 15 is 0 Å². The fourth-order valence-electron chi connectivity index (χ4n) is 1.95.